The SMILES string of the molecule is CCCNCC(=O)N(C)C(C)(C)CC. The van der Waals surface area contributed by atoms with Gasteiger partial charge in [0.05, 0.1) is 6.54 Å². The summed E-state index contributed by atoms with van der Waals surface area (Å²) in [4.78, 5) is 13.5. The van der Waals surface area contributed by atoms with Gasteiger partial charge in [-0.3, -0.25) is 4.79 Å². The number of likely N-dealkylation sites (N-methyl/N-ethyl adjacent to an activating group) is 1. The Hall–Kier alpha value is -0.570. The fourth-order valence-corrected chi connectivity index (χ4v) is 1.07. The van der Waals surface area contributed by atoms with Crippen molar-refractivity contribution in [3.05, 3.63) is 0 Å². The van der Waals surface area contributed by atoms with Crippen LogP contribution in [0.15, 0.2) is 0 Å². The highest BCUT2D eigenvalue weighted by atomic mass is 16.2. The summed E-state index contributed by atoms with van der Waals surface area (Å²) in [6.07, 6.45) is 2.04. The fourth-order valence-electron chi connectivity index (χ4n) is 1.07. The van der Waals surface area contributed by atoms with Crippen LogP contribution in [0.2, 0.25) is 0 Å². The van der Waals surface area contributed by atoms with Crippen molar-refractivity contribution in [3.8, 4) is 0 Å². The average Bonchev–Trinajstić information content (AvgIpc) is 2.17. The second-order valence-corrected chi connectivity index (χ2v) is 4.30. The summed E-state index contributed by atoms with van der Waals surface area (Å²) < 4.78 is 0. The lowest BCUT2D eigenvalue weighted by Gasteiger charge is -2.35. The van der Waals surface area contributed by atoms with Gasteiger partial charge in [0.15, 0.2) is 0 Å². The van der Waals surface area contributed by atoms with Crippen LogP contribution in [0.1, 0.15) is 40.5 Å². The molecule has 0 atom stereocenters. The molecule has 0 aliphatic carbocycles. The Balaban J connectivity index is 3.99. The zero-order valence-corrected chi connectivity index (χ0v) is 10.2. The van der Waals surface area contributed by atoms with E-state index in [4.69, 9.17) is 0 Å². The molecule has 0 aromatic carbocycles. The number of carbonyl (C=O) groups is 1. The molecule has 84 valence electrons. The molecule has 1 N–H and O–H groups in total. The molecule has 0 saturated heterocycles. The van der Waals surface area contributed by atoms with Crippen LogP contribution in [-0.4, -0.2) is 36.5 Å². The van der Waals surface area contributed by atoms with Crippen molar-refractivity contribution in [3.63, 3.8) is 0 Å². The van der Waals surface area contributed by atoms with Gasteiger partial charge in [-0.05, 0) is 33.2 Å². The summed E-state index contributed by atoms with van der Waals surface area (Å²) in [7, 11) is 1.87. The van der Waals surface area contributed by atoms with E-state index in [1.807, 2.05) is 11.9 Å². The molecule has 0 saturated carbocycles. The maximum absolute atomic E-state index is 11.7. The second-order valence-electron chi connectivity index (χ2n) is 4.30. The Morgan fingerprint density at radius 1 is 1.36 bits per heavy atom. The molecule has 0 heterocycles. The highest BCUT2D eigenvalue weighted by Crippen LogP contribution is 2.15. The molecule has 0 rings (SSSR count). The first-order valence-electron chi connectivity index (χ1n) is 5.43. The molecule has 0 radical (unpaired) electrons. The van der Waals surface area contributed by atoms with Crippen molar-refractivity contribution in [2.24, 2.45) is 0 Å². The van der Waals surface area contributed by atoms with E-state index in [0.29, 0.717) is 6.54 Å². The second kappa shape index (κ2) is 6.02. The predicted octanol–water partition coefficient (Wildman–Crippen LogP) is 1.63. The molecular formula is C11H24N2O. The standard InChI is InChI=1S/C11H24N2O/c1-6-8-12-9-10(14)13(5)11(3,4)7-2/h12H,6-9H2,1-5H3. The Morgan fingerprint density at radius 2 is 1.93 bits per heavy atom. The summed E-state index contributed by atoms with van der Waals surface area (Å²) in [5.74, 6) is 0.172. The van der Waals surface area contributed by atoms with E-state index in [0.717, 1.165) is 19.4 Å². The monoisotopic (exact) mass is 200 g/mol. The van der Waals surface area contributed by atoms with Crippen LogP contribution < -0.4 is 5.32 Å². The summed E-state index contributed by atoms with van der Waals surface area (Å²) in [6.45, 7) is 9.73. The van der Waals surface area contributed by atoms with Crippen molar-refractivity contribution in [2.45, 2.75) is 46.1 Å². The first-order chi connectivity index (χ1) is 6.45. The molecule has 0 unspecified atom stereocenters. The topological polar surface area (TPSA) is 32.3 Å². The van der Waals surface area contributed by atoms with Crippen molar-refractivity contribution < 1.29 is 4.79 Å². The van der Waals surface area contributed by atoms with E-state index >= 15 is 0 Å². The Bertz CT molecular complexity index is 178. The van der Waals surface area contributed by atoms with Gasteiger partial charge in [0.25, 0.3) is 0 Å². The molecule has 0 bridgehead atoms. The lowest BCUT2D eigenvalue weighted by molar-refractivity contribution is -0.133. The molecule has 0 aromatic heterocycles. The van der Waals surface area contributed by atoms with Crippen LogP contribution in [0.5, 0.6) is 0 Å². The molecule has 0 aliphatic heterocycles. The highest BCUT2D eigenvalue weighted by molar-refractivity contribution is 5.78. The third-order valence-corrected chi connectivity index (χ3v) is 2.85. The van der Waals surface area contributed by atoms with Crippen molar-refractivity contribution in [1.29, 1.82) is 0 Å². The van der Waals surface area contributed by atoms with Crippen LogP contribution in [0.25, 0.3) is 0 Å². The molecule has 3 nitrogen and oxygen atoms in total. The van der Waals surface area contributed by atoms with Gasteiger partial charge in [0, 0.05) is 12.6 Å². The molecule has 1 amide bonds. The summed E-state index contributed by atoms with van der Waals surface area (Å²) in [6, 6.07) is 0. The molecule has 0 spiro atoms. The first-order valence-corrected chi connectivity index (χ1v) is 5.43. The Kier molecular flexibility index (Phi) is 5.77. The van der Waals surface area contributed by atoms with E-state index in [1.54, 1.807) is 0 Å². The van der Waals surface area contributed by atoms with Gasteiger partial charge in [-0.25, -0.2) is 0 Å². The van der Waals surface area contributed by atoms with Crippen molar-refractivity contribution in [2.75, 3.05) is 20.1 Å². The minimum atomic E-state index is -0.0367. The largest absolute Gasteiger partial charge is 0.340 e. The molecule has 0 aliphatic rings. The van der Waals surface area contributed by atoms with Gasteiger partial charge in [0.1, 0.15) is 0 Å². The highest BCUT2D eigenvalue weighted by Gasteiger charge is 2.24. The van der Waals surface area contributed by atoms with Gasteiger partial charge in [-0.15, -0.1) is 0 Å². The molecule has 3 heteroatoms. The summed E-state index contributed by atoms with van der Waals surface area (Å²) in [5, 5.41) is 3.12. The number of rotatable bonds is 6. The zero-order valence-electron chi connectivity index (χ0n) is 10.2. The van der Waals surface area contributed by atoms with Crippen molar-refractivity contribution >= 4 is 5.91 Å². The van der Waals surface area contributed by atoms with Crippen LogP contribution in [-0.2, 0) is 4.79 Å². The number of nitrogens with one attached hydrogen (secondary N) is 1. The number of carbonyl (C=O) groups excluding carboxylic acids is 1. The van der Waals surface area contributed by atoms with Crippen LogP contribution in [0.4, 0.5) is 0 Å². The summed E-state index contributed by atoms with van der Waals surface area (Å²) >= 11 is 0. The Labute approximate surface area is 87.9 Å². The van der Waals surface area contributed by atoms with Gasteiger partial charge < -0.3 is 10.2 Å². The average molecular weight is 200 g/mol. The van der Waals surface area contributed by atoms with Crippen LogP contribution >= 0.6 is 0 Å². The molecule has 0 aromatic rings. The van der Waals surface area contributed by atoms with Crippen molar-refractivity contribution in [1.82, 2.24) is 10.2 Å². The first kappa shape index (κ1) is 13.4. The maximum Gasteiger partial charge on any atom is 0.236 e. The minimum Gasteiger partial charge on any atom is -0.340 e. The Morgan fingerprint density at radius 3 is 2.36 bits per heavy atom. The van der Waals surface area contributed by atoms with E-state index in [2.05, 4.69) is 33.0 Å². The molecule has 14 heavy (non-hydrogen) atoms. The minimum absolute atomic E-state index is 0.0367. The molecule has 0 fully saturated rings. The lowest BCUT2D eigenvalue weighted by atomic mass is 10.00. The molecular weight excluding hydrogens is 176 g/mol. The van der Waals surface area contributed by atoms with E-state index in [1.165, 1.54) is 0 Å². The maximum atomic E-state index is 11.7. The predicted molar refractivity (Wildman–Crippen MR) is 60.3 cm³/mol. The normalized spacial score (nSPS) is 11.5. The van der Waals surface area contributed by atoms with Crippen LogP contribution in [0.3, 0.4) is 0 Å². The third kappa shape index (κ3) is 4.09. The third-order valence-electron chi connectivity index (χ3n) is 2.85. The van der Waals surface area contributed by atoms with Gasteiger partial charge in [0.2, 0.25) is 5.91 Å². The van der Waals surface area contributed by atoms with Gasteiger partial charge >= 0.3 is 0 Å². The zero-order chi connectivity index (χ0) is 11.2. The van der Waals surface area contributed by atoms with Crippen LogP contribution in [0, 0.1) is 0 Å². The quantitative estimate of drug-likeness (QED) is 0.661. The smallest absolute Gasteiger partial charge is 0.236 e. The number of hydrogen-bond acceptors (Lipinski definition) is 2. The van der Waals surface area contributed by atoms with E-state index in [-0.39, 0.29) is 11.4 Å². The summed E-state index contributed by atoms with van der Waals surface area (Å²) in [5.41, 5.74) is -0.0367. The number of hydrogen-bond donors (Lipinski definition) is 1. The number of nitrogens with zero attached hydrogens (tertiary/aromatic N) is 1. The van der Waals surface area contributed by atoms with E-state index in [9.17, 15) is 4.79 Å². The van der Waals surface area contributed by atoms with Gasteiger partial charge in [-0.2, -0.15) is 0 Å². The lowest BCUT2D eigenvalue weighted by Crippen LogP contribution is -2.47. The van der Waals surface area contributed by atoms with Gasteiger partial charge in [-0.1, -0.05) is 13.8 Å². The fraction of sp³-hybridized carbons (Fsp3) is 0.909. The number of amides is 1. The van der Waals surface area contributed by atoms with E-state index < -0.39 is 0 Å².